The summed E-state index contributed by atoms with van der Waals surface area (Å²) in [6.07, 6.45) is 0. The van der Waals surface area contributed by atoms with Crippen molar-refractivity contribution in [3.05, 3.63) is 53.2 Å². The van der Waals surface area contributed by atoms with Gasteiger partial charge in [0, 0.05) is 18.2 Å². The van der Waals surface area contributed by atoms with Crippen molar-refractivity contribution in [1.29, 1.82) is 0 Å². The Morgan fingerprint density at radius 2 is 2.00 bits per heavy atom. The summed E-state index contributed by atoms with van der Waals surface area (Å²) in [6.45, 7) is 2.25. The van der Waals surface area contributed by atoms with Gasteiger partial charge < -0.3 is 20.1 Å². The van der Waals surface area contributed by atoms with Crippen molar-refractivity contribution in [3.8, 4) is 11.6 Å². The number of halogens is 3. The molecule has 0 radical (unpaired) electrons. The van der Waals surface area contributed by atoms with E-state index in [2.05, 4.69) is 25.3 Å². The second kappa shape index (κ2) is 12.3. The van der Waals surface area contributed by atoms with Gasteiger partial charge in [0.1, 0.15) is 5.75 Å². The van der Waals surface area contributed by atoms with Gasteiger partial charge >= 0.3 is 6.61 Å². The van der Waals surface area contributed by atoms with Gasteiger partial charge in [0.2, 0.25) is 5.88 Å². The number of nitrogens with zero attached hydrogens (tertiary/aromatic N) is 2. The number of alkyl halides is 2. The van der Waals surface area contributed by atoms with Gasteiger partial charge in [-0.1, -0.05) is 23.8 Å². The number of guanidine groups is 1. The van der Waals surface area contributed by atoms with E-state index in [0.29, 0.717) is 30.5 Å². The molecule has 0 unspecified atom stereocenters. The Kier molecular flexibility index (Phi) is 10.5. The predicted molar refractivity (Wildman–Crippen MR) is 116 cm³/mol. The number of ether oxygens (including phenoxy) is 2. The van der Waals surface area contributed by atoms with E-state index < -0.39 is 6.61 Å². The lowest BCUT2D eigenvalue weighted by Gasteiger charge is -2.13. The van der Waals surface area contributed by atoms with Crippen molar-refractivity contribution >= 4 is 29.9 Å². The van der Waals surface area contributed by atoms with Crippen molar-refractivity contribution in [2.24, 2.45) is 4.99 Å². The third-order valence-electron chi connectivity index (χ3n) is 3.61. The molecule has 1 aromatic carbocycles. The highest BCUT2D eigenvalue weighted by Gasteiger charge is 2.10. The molecule has 0 aliphatic heterocycles. The lowest BCUT2D eigenvalue weighted by molar-refractivity contribution is -0.0504. The summed E-state index contributed by atoms with van der Waals surface area (Å²) < 4.78 is 34.9. The van der Waals surface area contributed by atoms with Crippen LogP contribution >= 0.6 is 24.0 Å². The highest BCUT2D eigenvalue weighted by molar-refractivity contribution is 14.0. The van der Waals surface area contributed by atoms with E-state index in [1.807, 2.05) is 26.0 Å². The minimum Gasteiger partial charge on any atom is -0.481 e. The number of methoxy groups -OCH3 is 1. The molecule has 0 bridgehead atoms. The van der Waals surface area contributed by atoms with Crippen LogP contribution in [0.2, 0.25) is 0 Å². The van der Waals surface area contributed by atoms with Gasteiger partial charge in [-0.3, -0.25) is 0 Å². The van der Waals surface area contributed by atoms with E-state index in [4.69, 9.17) is 4.74 Å². The van der Waals surface area contributed by atoms with Crippen LogP contribution in [-0.4, -0.2) is 31.2 Å². The summed E-state index contributed by atoms with van der Waals surface area (Å²) in [6, 6.07) is 10.5. The zero-order valence-electron chi connectivity index (χ0n) is 16.0. The van der Waals surface area contributed by atoms with E-state index in [9.17, 15) is 8.78 Å². The average molecular weight is 506 g/mol. The Bertz CT molecular complexity index is 775. The molecule has 2 N–H and O–H groups in total. The molecule has 0 amide bonds. The monoisotopic (exact) mass is 506 g/mol. The maximum atomic E-state index is 12.6. The number of nitrogens with one attached hydrogen (secondary N) is 2. The van der Waals surface area contributed by atoms with Crippen LogP contribution in [0, 0.1) is 6.92 Å². The quantitative estimate of drug-likeness (QED) is 0.323. The molecule has 0 aliphatic rings. The van der Waals surface area contributed by atoms with Crippen LogP contribution in [0.3, 0.4) is 0 Å². The number of aryl methyl sites for hydroxylation is 1. The molecule has 2 aromatic rings. The molecular formula is C19H25F2IN4O2. The number of aromatic nitrogens is 1. The number of pyridine rings is 1. The lowest BCUT2D eigenvalue weighted by atomic mass is 10.1. The molecule has 0 saturated carbocycles. The van der Waals surface area contributed by atoms with Gasteiger partial charge in [0.25, 0.3) is 0 Å². The SMILES string of the molecule is CCNC(=NCc1cc(C)ccc1OC(F)F)NCc1cccc(OC)n1.I. The molecule has 0 spiro atoms. The summed E-state index contributed by atoms with van der Waals surface area (Å²) in [4.78, 5) is 8.79. The fraction of sp³-hybridized carbons (Fsp3) is 0.368. The van der Waals surface area contributed by atoms with E-state index in [-0.39, 0.29) is 36.3 Å². The summed E-state index contributed by atoms with van der Waals surface area (Å²) in [5.41, 5.74) is 2.32. The average Bonchev–Trinajstić information content (AvgIpc) is 2.65. The number of aliphatic imine (C=N–C) groups is 1. The molecule has 0 atom stereocenters. The molecule has 2 rings (SSSR count). The molecule has 6 nitrogen and oxygen atoms in total. The van der Waals surface area contributed by atoms with Gasteiger partial charge in [0.15, 0.2) is 5.96 Å². The van der Waals surface area contributed by atoms with E-state index >= 15 is 0 Å². The van der Waals surface area contributed by atoms with Crippen LogP contribution in [0.1, 0.15) is 23.7 Å². The fourth-order valence-electron chi connectivity index (χ4n) is 2.39. The second-order valence-electron chi connectivity index (χ2n) is 5.71. The topological polar surface area (TPSA) is 67.8 Å². The Morgan fingerprint density at radius 1 is 1.21 bits per heavy atom. The Hall–Kier alpha value is -2.17. The number of hydrogen-bond donors (Lipinski definition) is 2. The van der Waals surface area contributed by atoms with Gasteiger partial charge in [-0.25, -0.2) is 9.98 Å². The molecule has 0 aliphatic carbocycles. The minimum absolute atomic E-state index is 0. The number of benzene rings is 1. The van der Waals surface area contributed by atoms with Crippen molar-refractivity contribution in [2.45, 2.75) is 33.5 Å². The smallest absolute Gasteiger partial charge is 0.387 e. The number of rotatable bonds is 8. The Morgan fingerprint density at radius 3 is 2.68 bits per heavy atom. The van der Waals surface area contributed by atoms with Gasteiger partial charge in [-0.05, 0) is 26.0 Å². The van der Waals surface area contributed by atoms with Crippen molar-refractivity contribution < 1.29 is 18.3 Å². The third kappa shape index (κ3) is 7.83. The molecule has 0 fully saturated rings. The maximum Gasteiger partial charge on any atom is 0.387 e. The van der Waals surface area contributed by atoms with Crippen LogP contribution in [-0.2, 0) is 13.1 Å². The van der Waals surface area contributed by atoms with E-state index in [1.165, 1.54) is 6.07 Å². The summed E-state index contributed by atoms with van der Waals surface area (Å²) in [7, 11) is 1.56. The van der Waals surface area contributed by atoms with Gasteiger partial charge in [0.05, 0.1) is 25.9 Å². The second-order valence-corrected chi connectivity index (χ2v) is 5.71. The van der Waals surface area contributed by atoms with Crippen LogP contribution in [0.25, 0.3) is 0 Å². The Labute approximate surface area is 180 Å². The lowest BCUT2D eigenvalue weighted by Crippen LogP contribution is -2.37. The largest absolute Gasteiger partial charge is 0.481 e. The summed E-state index contributed by atoms with van der Waals surface area (Å²) in [5, 5.41) is 6.28. The van der Waals surface area contributed by atoms with Crippen LogP contribution < -0.4 is 20.1 Å². The summed E-state index contributed by atoms with van der Waals surface area (Å²) in [5.74, 6) is 1.21. The molecule has 1 aromatic heterocycles. The first-order chi connectivity index (χ1) is 13.0. The standard InChI is InChI=1S/C19H24F2N4O2.HI/c1-4-22-19(24-12-15-6-5-7-17(25-15)26-3)23-11-14-10-13(2)8-9-16(14)27-18(20)21;/h5-10,18H,4,11-12H2,1-3H3,(H2,22,23,24);1H. The molecule has 0 saturated heterocycles. The van der Waals surface area contributed by atoms with Crippen molar-refractivity contribution in [1.82, 2.24) is 15.6 Å². The maximum absolute atomic E-state index is 12.6. The van der Waals surface area contributed by atoms with Gasteiger partial charge in [-0.2, -0.15) is 8.78 Å². The Balaban J connectivity index is 0.00000392. The molecule has 1 heterocycles. The van der Waals surface area contributed by atoms with Crippen molar-refractivity contribution in [3.63, 3.8) is 0 Å². The normalized spacial score (nSPS) is 11.0. The number of hydrogen-bond acceptors (Lipinski definition) is 4. The predicted octanol–water partition coefficient (Wildman–Crippen LogP) is 3.87. The minimum atomic E-state index is -2.87. The fourth-order valence-corrected chi connectivity index (χ4v) is 2.39. The van der Waals surface area contributed by atoms with Crippen LogP contribution in [0.4, 0.5) is 8.78 Å². The summed E-state index contributed by atoms with van der Waals surface area (Å²) >= 11 is 0. The van der Waals surface area contributed by atoms with E-state index in [1.54, 1.807) is 25.3 Å². The first-order valence-electron chi connectivity index (χ1n) is 8.58. The van der Waals surface area contributed by atoms with Gasteiger partial charge in [-0.15, -0.1) is 24.0 Å². The highest BCUT2D eigenvalue weighted by atomic mass is 127. The molecule has 9 heteroatoms. The van der Waals surface area contributed by atoms with Crippen LogP contribution in [0.15, 0.2) is 41.4 Å². The van der Waals surface area contributed by atoms with Crippen molar-refractivity contribution in [2.75, 3.05) is 13.7 Å². The highest BCUT2D eigenvalue weighted by Crippen LogP contribution is 2.22. The van der Waals surface area contributed by atoms with E-state index in [0.717, 1.165) is 11.3 Å². The first-order valence-corrected chi connectivity index (χ1v) is 8.58. The zero-order valence-corrected chi connectivity index (χ0v) is 18.4. The zero-order chi connectivity index (χ0) is 19.6. The van der Waals surface area contributed by atoms with Crippen LogP contribution in [0.5, 0.6) is 11.6 Å². The molecule has 154 valence electrons. The third-order valence-corrected chi connectivity index (χ3v) is 3.61. The molecule has 28 heavy (non-hydrogen) atoms. The first kappa shape index (κ1) is 23.9. The molecular weight excluding hydrogens is 481 g/mol.